The maximum atomic E-state index is 13.0. The predicted molar refractivity (Wildman–Crippen MR) is 86.7 cm³/mol. The summed E-state index contributed by atoms with van der Waals surface area (Å²) in [6.07, 6.45) is 7.27. The number of nitrogens with zero attached hydrogens (tertiary/aromatic N) is 3. The van der Waals surface area contributed by atoms with Crippen molar-refractivity contribution in [1.29, 1.82) is 0 Å². The molecule has 1 saturated carbocycles. The minimum Gasteiger partial charge on any atom is -0.390 e. The fraction of sp³-hybridized carbons (Fsp3) is 0.438. The molecule has 122 valence electrons. The first-order chi connectivity index (χ1) is 10.9. The Morgan fingerprint density at radius 1 is 1.22 bits per heavy atom. The average Bonchev–Trinajstić information content (AvgIpc) is 2.51. The van der Waals surface area contributed by atoms with Crippen LogP contribution >= 0.6 is 11.6 Å². The first kappa shape index (κ1) is 16.1. The second-order valence-corrected chi connectivity index (χ2v) is 6.58. The van der Waals surface area contributed by atoms with E-state index in [1.54, 1.807) is 12.3 Å². The topological polar surface area (TPSA) is 70.9 Å². The lowest BCUT2D eigenvalue weighted by atomic mass is 9.83. The van der Waals surface area contributed by atoms with Crippen molar-refractivity contribution < 1.29 is 9.50 Å². The molecule has 0 spiro atoms. The van der Waals surface area contributed by atoms with Gasteiger partial charge in [0, 0.05) is 23.5 Å². The minimum atomic E-state index is -0.625. The van der Waals surface area contributed by atoms with Crippen molar-refractivity contribution in [3.05, 3.63) is 35.8 Å². The molecule has 0 bridgehead atoms. The quantitative estimate of drug-likeness (QED) is 0.840. The Kier molecular flexibility index (Phi) is 4.46. The van der Waals surface area contributed by atoms with Crippen molar-refractivity contribution in [3.63, 3.8) is 0 Å². The van der Waals surface area contributed by atoms with E-state index < -0.39 is 11.5 Å². The highest BCUT2D eigenvalue weighted by molar-refractivity contribution is 6.29. The third kappa shape index (κ3) is 3.95. The molecule has 23 heavy (non-hydrogen) atoms. The third-order valence-electron chi connectivity index (χ3n) is 4.19. The number of aromatic nitrogens is 3. The average molecular weight is 337 g/mol. The van der Waals surface area contributed by atoms with Gasteiger partial charge in [0.2, 0.25) is 5.95 Å². The Morgan fingerprint density at radius 2 is 1.96 bits per heavy atom. The van der Waals surface area contributed by atoms with Gasteiger partial charge in [-0.1, -0.05) is 11.6 Å². The van der Waals surface area contributed by atoms with Gasteiger partial charge in [0.25, 0.3) is 0 Å². The number of pyridine rings is 1. The fourth-order valence-corrected chi connectivity index (χ4v) is 2.97. The van der Waals surface area contributed by atoms with Gasteiger partial charge in [0.05, 0.1) is 23.7 Å². The first-order valence-corrected chi connectivity index (χ1v) is 7.93. The van der Waals surface area contributed by atoms with Crippen LogP contribution in [0.3, 0.4) is 0 Å². The molecule has 0 radical (unpaired) electrons. The Bertz CT molecular complexity index is 683. The normalized spacial score (nSPS) is 24.4. The van der Waals surface area contributed by atoms with Crippen molar-refractivity contribution >= 4 is 17.3 Å². The van der Waals surface area contributed by atoms with E-state index in [2.05, 4.69) is 20.3 Å². The highest BCUT2D eigenvalue weighted by Gasteiger charge is 2.29. The molecule has 3 rings (SSSR count). The molecule has 2 aromatic heterocycles. The van der Waals surface area contributed by atoms with Crippen molar-refractivity contribution in [1.82, 2.24) is 15.0 Å². The third-order valence-corrected chi connectivity index (χ3v) is 4.40. The molecule has 7 heteroatoms. The van der Waals surface area contributed by atoms with E-state index in [0.717, 1.165) is 43.1 Å². The van der Waals surface area contributed by atoms with Crippen LogP contribution in [0, 0.1) is 5.95 Å². The summed E-state index contributed by atoms with van der Waals surface area (Å²) in [7, 11) is 0. The van der Waals surface area contributed by atoms with Crippen LogP contribution in [0.15, 0.2) is 24.7 Å². The zero-order valence-corrected chi connectivity index (χ0v) is 13.5. The van der Waals surface area contributed by atoms with Gasteiger partial charge in [0.1, 0.15) is 5.15 Å². The summed E-state index contributed by atoms with van der Waals surface area (Å²) in [6.45, 7) is 1.87. The molecule has 1 fully saturated rings. The molecule has 0 aromatic carbocycles. The Balaban J connectivity index is 1.84. The highest BCUT2D eigenvalue weighted by atomic mass is 35.5. The van der Waals surface area contributed by atoms with E-state index in [4.69, 9.17) is 11.6 Å². The second kappa shape index (κ2) is 6.37. The number of anilines is 1. The minimum absolute atomic E-state index is 0.237. The number of hydrogen-bond donors (Lipinski definition) is 2. The standard InChI is InChI=1S/C16H18ClFN4O/c1-16(23)4-2-10(3-5-16)22-12-6-14(17)20-7-11(12)13-8-21-15(18)9-19-13/h6-10,23H,2-5H2,1H3,(H,20,22). The van der Waals surface area contributed by atoms with Gasteiger partial charge in [-0.3, -0.25) is 0 Å². The zero-order chi connectivity index (χ0) is 16.4. The van der Waals surface area contributed by atoms with E-state index in [1.807, 2.05) is 6.92 Å². The van der Waals surface area contributed by atoms with Crippen molar-refractivity contribution in [3.8, 4) is 11.3 Å². The molecule has 0 saturated heterocycles. The smallest absolute Gasteiger partial charge is 0.231 e. The van der Waals surface area contributed by atoms with Gasteiger partial charge in [0.15, 0.2) is 0 Å². The van der Waals surface area contributed by atoms with Crippen LogP contribution in [0.25, 0.3) is 11.3 Å². The van der Waals surface area contributed by atoms with Gasteiger partial charge >= 0.3 is 0 Å². The van der Waals surface area contributed by atoms with E-state index in [-0.39, 0.29) is 6.04 Å². The van der Waals surface area contributed by atoms with Crippen LogP contribution in [0.1, 0.15) is 32.6 Å². The summed E-state index contributed by atoms with van der Waals surface area (Å²) in [6, 6.07) is 1.97. The molecule has 5 nitrogen and oxygen atoms in total. The van der Waals surface area contributed by atoms with E-state index in [9.17, 15) is 9.50 Å². The summed E-state index contributed by atoms with van der Waals surface area (Å²) < 4.78 is 13.0. The van der Waals surface area contributed by atoms with Crippen LogP contribution in [0.5, 0.6) is 0 Å². The van der Waals surface area contributed by atoms with Crippen molar-refractivity contribution in [2.45, 2.75) is 44.2 Å². The summed E-state index contributed by atoms with van der Waals surface area (Å²) >= 11 is 6.01. The van der Waals surface area contributed by atoms with Crippen LogP contribution in [0.4, 0.5) is 10.1 Å². The molecular weight excluding hydrogens is 319 g/mol. The van der Waals surface area contributed by atoms with Gasteiger partial charge < -0.3 is 10.4 Å². The number of aliphatic hydroxyl groups is 1. The number of nitrogens with one attached hydrogen (secondary N) is 1. The van der Waals surface area contributed by atoms with Gasteiger partial charge in [-0.25, -0.2) is 15.0 Å². The lowest BCUT2D eigenvalue weighted by Gasteiger charge is -2.34. The predicted octanol–water partition coefficient (Wildman–Crippen LogP) is 3.44. The molecule has 2 heterocycles. The van der Waals surface area contributed by atoms with Crippen LogP contribution in [-0.2, 0) is 0 Å². The molecule has 0 amide bonds. The van der Waals surface area contributed by atoms with Gasteiger partial charge in [-0.05, 0) is 38.7 Å². The summed E-state index contributed by atoms with van der Waals surface area (Å²) in [5.41, 5.74) is 1.46. The van der Waals surface area contributed by atoms with Crippen molar-refractivity contribution in [2.24, 2.45) is 0 Å². The van der Waals surface area contributed by atoms with E-state index in [1.165, 1.54) is 6.20 Å². The van der Waals surface area contributed by atoms with Gasteiger partial charge in [-0.15, -0.1) is 0 Å². The molecule has 2 aromatic rings. The maximum absolute atomic E-state index is 13.0. The lowest BCUT2D eigenvalue weighted by Crippen LogP contribution is -2.35. The van der Waals surface area contributed by atoms with Crippen molar-refractivity contribution in [2.75, 3.05) is 5.32 Å². The van der Waals surface area contributed by atoms with E-state index in [0.29, 0.717) is 10.8 Å². The molecular formula is C16H18ClFN4O. The Morgan fingerprint density at radius 3 is 2.61 bits per heavy atom. The molecule has 0 atom stereocenters. The van der Waals surface area contributed by atoms with Gasteiger partial charge in [-0.2, -0.15) is 4.39 Å². The summed E-state index contributed by atoms with van der Waals surface area (Å²) in [4.78, 5) is 11.8. The molecule has 2 N–H and O–H groups in total. The number of halogens is 2. The molecule has 1 aliphatic rings. The summed E-state index contributed by atoms with van der Waals surface area (Å²) in [5, 5.41) is 13.9. The fourth-order valence-electron chi connectivity index (χ4n) is 2.81. The SMILES string of the molecule is CC1(O)CCC(Nc2cc(Cl)ncc2-c2cnc(F)cn2)CC1. The largest absolute Gasteiger partial charge is 0.390 e. The van der Waals surface area contributed by atoms with Crippen LogP contribution < -0.4 is 5.32 Å². The van der Waals surface area contributed by atoms with Crippen LogP contribution in [-0.4, -0.2) is 31.7 Å². The first-order valence-electron chi connectivity index (χ1n) is 7.55. The monoisotopic (exact) mass is 336 g/mol. The van der Waals surface area contributed by atoms with Crippen LogP contribution in [0.2, 0.25) is 5.15 Å². The molecule has 0 aliphatic heterocycles. The maximum Gasteiger partial charge on any atom is 0.231 e. The zero-order valence-electron chi connectivity index (χ0n) is 12.8. The second-order valence-electron chi connectivity index (χ2n) is 6.19. The number of rotatable bonds is 3. The molecule has 1 aliphatic carbocycles. The Hall–Kier alpha value is -1.79. The van der Waals surface area contributed by atoms with E-state index >= 15 is 0 Å². The summed E-state index contributed by atoms with van der Waals surface area (Å²) in [5.74, 6) is -0.625. The lowest BCUT2D eigenvalue weighted by molar-refractivity contribution is 0.0196. The highest BCUT2D eigenvalue weighted by Crippen LogP contribution is 2.33. The Labute approximate surface area is 139 Å². The molecule has 0 unspecified atom stereocenters. The number of hydrogen-bond acceptors (Lipinski definition) is 5.